The van der Waals surface area contributed by atoms with E-state index in [1.54, 1.807) is 6.92 Å². The molecule has 0 spiro atoms. The molecule has 1 heterocycles. The SMILES string of the molecule is Cc1nc(C(C)S)ccc1C(F)(F)F. The maximum atomic E-state index is 12.3. The highest BCUT2D eigenvalue weighted by Gasteiger charge is 2.32. The van der Waals surface area contributed by atoms with Crippen molar-refractivity contribution in [2.45, 2.75) is 25.3 Å². The van der Waals surface area contributed by atoms with Gasteiger partial charge in [-0.3, -0.25) is 4.98 Å². The van der Waals surface area contributed by atoms with Crippen molar-refractivity contribution < 1.29 is 13.2 Å². The highest BCUT2D eigenvalue weighted by Crippen LogP contribution is 2.31. The highest BCUT2D eigenvalue weighted by atomic mass is 32.1. The molecule has 0 radical (unpaired) electrons. The smallest absolute Gasteiger partial charge is 0.256 e. The first-order valence-electron chi connectivity index (χ1n) is 4.05. The average molecular weight is 221 g/mol. The van der Waals surface area contributed by atoms with E-state index in [9.17, 15) is 13.2 Å². The number of aryl methyl sites for hydroxylation is 1. The van der Waals surface area contributed by atoms with Crippen molar-refractivity contribution in [1.82, 2.24) is 4.98 Å². The Morgan fingerprint density at radius 3 is 2.29 bits per heavy atom. The summed E-state index contributed by atoms with van der Waals surface area (Å²) in [6.07, 6.45) is -4.32. The van der Waals surface area contributed by atoms with Gasteiger partial charge < -0.3 is 0 Å². The van der Waals surface area contributed by atoms with Crippen LogP contribution in [0.2, 0.25) is 0 Å². The monoisotopic (exact) mass is 221 g/mol. The topological polar surface area (TPSA) is 12.9 Å². The number of pyridine rings is 1. The maximum absolute atomic E-state index is 12.3. The summed E-state index contributed by atoms with van der Waals surface area (Å²) in [5.74, 6) is 0. The van der Waals surface area contributed by atoms with Gasteiger partial charge in [-0.1, -0.05) is 0 Å². The van der Waals surface area contributed by atoms with Crippen molar-refractivity contribution in [1.29, 1.82) is 0 Å². The Morgan fingerprint density at radius 1 is 1.36 bits per heavy atom. The first kappa shape index (κ1) is 11.4. The zero-order valence-corrected chi connectivity index (χ0v) is 8.65. The molecular weight excluding hydrogens is 211 g/mol. The van der Waals surface area contributed by atoms with Gasteiger partial charge in [-0.2, -0.15) is 25.8 Å². The van der Waals surface area contributed by atoms with Gasteiger partial charge in [0.1, 0.15) is 0 Å². The second-order valence-electron chi connectivity index (χ2n) is 3.04. The summed E-state index contributed by atoms with van der Waals surface area (Å²) in [5.41, 5.74) is -0.134. The van der Waals surface area contributed by atoms with Crippen LogP contribution < -0.4 is 0 Å². The normalized spacial score (nSPS) is 14.1. The second kappa shape index (κ2) is 3.81. The number of hydrogen-bond donors (Lipinski definition) is 1. The number of hydrogen-bond acceptors (Lipinski definition) is 2. The van der Waals surface area contributed by atoms with E-state index < -0.39 is 11.7 Å². The van der Waals surface area contributed by atoms with Crippen molar-refractivity contribution in [2.75, 3.05) is 0 Å². The second-order valence-corrected chi connectivity index (χ2v) is 3.82. The minimum Gasteiger partial charge on any atom is -0.256 e. The Balaban J connectivity index is 3.15. The quantitative estimate of drug-likeness (QED) is 0.717. The molecular formula is C9H10F3NS. The van der Waals surface area contributed by atoms with Crippen LogP contribution >= 0.6 is 12.6 Å². The maximum Gasteiger partial charge on any atom is 0.418 e. The minimum atomic E-state index is -4.32. The van der Waals surface area contributed by atoms with Crippen molar-refractivity contribution in [3.05, 3.63) is 29.1 Å². The van der Waals surface area contributed by atoms with Crippen LogP contribution in [0.3, 0.4) is 0 Å². The van der Waals surface area contributed by atoms with E-state index in [2.05, 4.69) is 17.6 Å². The number of halogens is 3. The van der Waals surface area contributed by atoms with Crippen LogP contribution in [0, 0.1) is 6.92 Å². The molecule has 1 unspecified atom stereocenters. The van der Waals surface area contributed by atoms with Crippen LogP contribution in [0.15, 0.2) is 12.1 Å². The summed E-state index contributed by atoms with van der Waals surface area (Å²) in [7, 11) is 0. The van der Waals surface area contributed by atoms with E-state index in [0.29, 0.717) is 5.69 Å². The molecule has 0 fully saturated rings. The average Bonchev–Trinajstić information content (AvgIpc) is 2.01. The Kier molecular flexibility index (Phi) is 3.09. The van der Waals surface area contributed by atoms with E-state index >= 15 is 0 Å². The van der Waals surface area contributed by atoms with Crippen LogP contribution in [-0.4, -0.2) is 4.98 Å². The number of thiol groups is 1. The van der Waals surface area contributed by atoms with Crippen LogP contribution in [0.5, 0.6) is 0 Å². The molecule has 14 heavy (non-hydrogen) atoms. The van der Waals surface area contributed by atoms with Gasteiger partial charge >= 0.3 is 6.18 Å². The van der Waals surface area contributed by atoms with Crippen LogP contribution in [0.25, 0.3) is 0 Å². The summed E-state index contributed by atoms with van der Waals surface area (Å²) >= 11 is 4.10. The lowest BCUT2D eigenvalue weighted by Crippen LogP contribution is -2.09. The summed E-state index contributed by atoms with van der Waals surface area (Å²) < 4.78 is 37.0. The third-order valence-corrected chi connectivity index (χ3v) is 2.11. The largest absolute Gasteiger partial charge is 0.418 e. The van der Waals surface area contributed by atoms with Gasteiger partial charge in [-0.25, -0.2) is 0 Å². The molecule has 1 aromatic heterocycles. The summed E-state index contributed by atoms with van der Waals surface area (Å²) in [4.78, 5) is 3.84. The van der Waals surface area contributed by atoms with Gasteiger partial charge in [0.25, 0.3) is 0 Å². The summed E-state index contributed by atoms with van der Waals surface area (Å²) in [6, 6.07) is 2.40. The number of rotatable bonds is 1. The Labute approximate surface area is 85.8 Å². The number of nitrogens with zero attached hydrogens (tertiary/aromatic N) is 1. The van der Waals surface area contributed by atoms with Crippen molar-refractivity contribution >= 4 is 12.6 Å². The van der Waals surface area contributed by atoms with Crippen LogP contribution in [0.1, 0.15) is 29.1 Å². The Hall–Kier alpha value is -0.710. The first-order valence-corrected chi connectivity index (χ1v) is 4.57. The van der Waals surface area contributed by atoms with E-state index in [0.717, 1.165) is 6.07 Å². The van der Waals surface area contributed by atoms with Crippen molar-refractivity contribution in [2.24, 2.45) is 0 Å². The van der Waals surface area contributed by atoms with Crippen molar-refractivity contribution in [3.63, 3.8) is 0 Å². The molecule has 0 bridgehead atoms. The zero-order valence-electron chi connectivity index (χ0n) is 7.76. The van der Waals surface area contributed by atoms with E-state index in [1.807, 2.05) is 0 Å². The van der Waals surface area contributed by atoms with Gasteiger partial charge in [-0.15, -0.1) is 0 Å². The third kappa shape index (κ3) is 2.41. The Morgan fingerprint density at radius 2 is 1.93 bits per heavy atom. The van der Waals surface area contributed by atoms with Gasteiger partial charge in [0.05, 0.1) is 11.3 Å². The molecule has 0 amide bonds. The standard InChI is InChI=1S/C9H10F3NS/c1-5-7(9(10,11)12)3-4-8(13-5)6(2)14/h3-4,6,14H,1-2H3. The molecule has 0 aromatic carbocycles. The molecule has 0 aliphatic heterocycles. The zero-order chi connectivity index (χ0) is 10.9. The first-order chi connectivity index (χ1) is 6.32. The van der Waals surface area contributed by atoms with E-state index in [1.165, 1.54) is 13.0 Å². The van der Waals surface area contributed by atoms with Gasteiger partial charge in [0.15, 0.2) is 0 Å². The van der Waals surface area contributed by atoms with Crippen LogP contribution in [-0.2, 0) is 6.18 Å². The minimum absolute atomic E-state index is 0.00380. The molecule has 0 aliphatic rings. The molecule has 0 N–H and O–H groups in total. The predicted octanol–water partition coefficient (Wildman–Crippen LogP) is 3.40. The fourth-order valence-electron chi connectivity index (χ4n) is 1.11. The van der Waals surface area contributed by atoms with Gasteiger partial charge in [0.2, 0.25) is 0 Å². The molecule has 1 nitrogen and oxygen atoms in total. The molecule has 1 rings (SSSR count). The van der Waals surface area contributed by atoms with Gasteiger partial charge in [-0.05, 0) is 26.0 Å². The van der Waals surface area contributed by atoms with E-state index in [4.69, 9.17) is 0 Å². The summed E-state index contributed by atoms with van der Waals surface area (Å²) in [6.45, 7) is 3.11. The molecule has 0 saturated heterocycles. The fraction of sp³-hybridized carbons (Fsp3) is 0.444. The van der Waals surface area contributed by atoms with Crippen LogP contribution in [0.4, 0.5) is 13.2 Å². The Bertz CT molecular complexity index is 333. The van der Waals surface area contributed by atoms with Crippen molar-refractivity contribution in [3.8, 4) is 0 Å². The molecule has 1 aromatic rings. The predicted molar refractivity (Wildman–Crippen MR) is 51.4 cm³/mol. The fourth-order valence-corrected chi connectivity index (χ4v) is 1.26. The lowest BCUT2D eigenvalue weighted by Gasteiger charge is -2.11. The lowest BCUT2D eigenvalue weighted by molar-refractivity contribution is -0.138. The third-order valence-electron chi connectivity index (χ3n) is 1.84. The number of aromatic nitrogens is 1. The molecule has 0 aliphatic carbocycles. The molecule has 78 valence electrons. The van der Waals surface area contributed by atoms with Gasteiger partial charge in [0, 0.05) is 10.9 Å². The molecule has 1 atom stereocenters. The highest BCUT2D eigenvalue weighted by molar-refractivity contribution is 7.80. The molecule has 0 saturated carbocycles. The van der Waals surface area contributed by atoms with E-state index in [-0.39, 0.29) is 10.9 Å². The summed E-state index contributed by atoms with van der Waals surface area (Å²) in [5, 5.41) is -0.156. The number of alkyl halides is 3. The lowest BCUT2D eigenvalue weighted by atomic mass is 10.1. The molecule has 5 heteroatoms.